The average molecular weight is 256 g/mol. The Bertz CT molecular complexity index is 339. The summed E-state index contributed by atoms with van der Waals surface area (Å²) in [5.41, 5.74) is 0.958. The van der Waals surface area contributed by atoms with Gasteiger partial charge in [-0.3, -0.25) is 9.78 Å². The van der Waals surface area contributed by atoms with Crippen LogP contribution in [-0.2, 0) is 11.2 Å². The van der Waals surface area contributed by atoms with Gasteiger partial charge < -0.3 is 10.6 Å². The second-order valence-electron chi connectivity index (χ2n) is 4.14. The SMILES string of the molecule is Cl.O=C(Cc1cccnc1)NCC1CCCN1. The van der Waals surface area contributed by atoms with Gasteiger partial charge in [-0.25, -0.2) is 0 Å². The molecule has 1 amide bonds. The minimum absolute atomic E-state index is 0. The molecule has 4 nitrogen and oxygen atoms in total. The Morgan fingerprint density at radius 3 is 3.12 bits per heavy atom. The molecule has 0 aromatic carbocycles. The second-order valence-corrected chi connectivity index (χ2v) is 4.14. The van der Waals surface area contributed by atoms with E-state index in [0.29, 0.717) is 12.5 Å². The minimum atomic E-state index is 0. The maximum absolute atomic E-state index is 11.6. The normalized spacial score (nSPS) is 18.5. The van der Waals surface area contributed by atoms with Crippen LogP contribution < -0.4 is 10.6 Å². The highest BCUT2D eigenvalue weighted by Gasteiger charge is 2.14. The van der Waals surface area contributed by atoms with Crippen LogP contribution in [-0.4, -0.2) is 30.0 Å². The monoisotopic (exact) mass is 255 g/mol. The van der Waals surface area contributed by atoms with Crippen molar-refractivity contribution < 1.29 is 4.79 Å². The zero-order valence-electron chi connectivity index (χ0n) is 9.69. The lowest BCUT2D eigenvalue weighted by atomic mass is 10.2. The first-order valence-corrected chi connectivity index (χ1v) is 5.73. The Morgan fingerprint density at radius 2 is 2.47 bits per heavy atom. The number of hydrogen-bond donors (Lipinski definition) is 2. The Balaban J connectivity index is 0.00000144. The summed E-state index contributed by atoms with van der Waals surface area (Å²) in [6.45, 7) is 1.81. The fourth-order valence-corrected chi connectivity index (χ4v) is 1.92. The Labute approximate surface area is 108 Å². The first-order chi connectivity index (χ1) is 7.84. The fourth-order valence-electron chi connectivity index (χ4n) is 1.92. The zero-order chi connectivity index (χ0) is 11.2. The van der Waals surface area contributed by atoms with E-state index < -0.39 is 0 Å². The lowest BCUT2D eigenvalue weighted by Crippen LogP contribution is -2.37. The summed E-state index contributed by atoms with van der Waals surface area (Å²) in [6.07, 6.45) is 6.23. The summed E-state index contributed by atoms with van der Waals surface area (Å²) in [5, 5.41) is 6.29. The van der Waals surface area contributed by atoms with Gasteiger partial charge in [0, 0.05) is 25.0 Å². The van der Waals surface area contributed by atoms with Crippen LogP contribution in [0.5, 0.6) is 0 Å². The van der Waals surface area contributed by atoms with E-state index in [1.807, 2.05) is 12.1 Å². The van der Waals surface area contributed by atoms with Crippen LogP contribution in [0.3, 0.4) is 0 Å². The molecular weight excluding hydrogens is 238 g/mol. The van der Waals surface area contributed by atoms with E-state index in [1.165, 1.54) is 6.42 Å². The molecule has 1 fully saturated rings. The van der Waals surface area contributed by atoms with Crippen LogP contribution in [0.25, 0.3) is 0 Å². The first-order valence-electron chi connectivity index (χ1n) is 5.73. The quantitative estimate of drug-likeness (QED) is 0.841. The van der Waals surface area contributed by atoms with E-state index in [4.69, 9.17) is 0 Å². The molecule has 1 aliphatic heterocycles. The molecule has 1 aromatic rings. The van der Waals surface area contributed by atoms with Gasteiger partial charge in [-0.05, 0) is 31.0 Å². The van der Waals surface area contributed by atoms with Crippen LogP contribution in [0.15, 0.2) is 24.5 Å². The number of amides is 1. The first kappa shape index (κ1) is 13.9. The third-order valence-electron chi connectivity index (χ3n) is 2.80. The summed E-state index contributed by atoms with van der Waals surface area (Å²) in [6, 6.07) is 4.22. The van der Waals surface area contributed by atoms with E-state index in [2.05, 4.69) is 15.6 Å². The zero-order valence-corrected chi connectivity index (χ0v) is 10.5. The van der Waals surface area contributed by atoms with Gasteiger partial charge in [0.2, 0.25) is 5.91 Å². The van der Waals surface area contributed by atoms with E-state index in [9.17, 15) is 4.79 Å². The molecule has 0 aliphatic carbocycles. The Kier molecular flexibility index (Phi) is 5.94. The number of nitrogens with zero attached hydrogens (tertiary/aromatic N) is 1. The van der Waals surface area contributed by atoms with Gasteiger partial charge >= 0.3 is 0 Å². The maximum Gasteiger partial charge on any atom is 0.224 e. The van der Waals surface area contributed by atoms with Gasteiger partial charge in [-0.1, -0.05) is 6.07 Å². The molecular formula is C12H18ClN3O. The van der Waals surface area contributed by atoms with Crippen molar-refractivity contribution >= 4 is 18.3 Å². The Morgan fingerprint density at radius 1 is 1.59 bits per heavy atom. The summed E-state index contributed by atoms with van der Waals surface area (Å²) < 4.78 is 0. The molecule has 1 aliphatic rings. The molecule has 2 heterocycles. The number of aromatic nitrogens is 1. The van der Waals surface area contributed by atoms with Crippen LogP contribution in [0, 0.1) is 0 Å². The van der Waals surface area contributed by atoms with Crippen molar-refractivity contribution in [3.8, 4) is 0 Å². The standard InChI is InChI=1S/C12H17N3O.ClH/c16-12(7-10-3-1-5-13-8-10)15-9-11-4-2-6-14-11;/h1,3,5,8,11,14H,2,4,6-7,9H2,(H,15,16);1H. The van der Waals surface area contributed by atoms with Crippen molar-refractivity contribution in [1.29, 1.82) is 0 Å². The lowest BCUT2D eigenvalue weighted by molar-refractivity contribution is -0.120. The summed E-state index contributed by atoms with van der Waals surface area (Å²) in [7, 11) is 0. The second kappa shape index (κ2) is 7.25. The number of carbonyl (C=O) groups is 1. The van der Waals surface area contributed by atoms with E-state index in [0.717, 1.165) is 25.1 Å². The fraction of sp³-hybridized carbons (Fsp3) is 0.500. The number of hydrogen-bond acceptors (Lipinski definition) is 3. The summed E-state index contributed by atoms with van der Waals surface area (Å²) in [4.78, 5) is 15.6. The van der Waals surface area contributed by atoms with Crippen LogP contribution in [0.1, 0.15) is 18.4 Å². The van der Waals surface area contributed by atoms with Crippen LogP contribution in [0.2, 0.25) is 0 Å². The van der Waals surface area contributed by atoms with E-state index >= 15 is 0 Å². The minimum Gasteiger partial charge on any atom is -0.354 e. The number of rotatable bonds is 4. The highest BCUT2D eigenvalue weighted by atomic mass is 35.5. The summed E-state index contributed by atoms with van der Waals surface area (Å²) in [5.74, 6) is 0.0710. The number of halogens is 1. The number of pyridine rings is 1. The average Bonchev–Trinajstić information content (AvgIpc) is 2.81. The molecule has 5 heteroatoms. The highest BCUT2D eigenvalue weighted by molar-refractivity contribution is 5.85. The summed E-state index contributed by atoms with van der Waals surface area (Å²) >= 11 is 0. The molecule has 0 bridgehead atoms. The molecule has 2 rings (SSSR count). The van der Waals surface area contributed by atoms with Crippen molar-refractivity contribution in [1.82, 2.24) is 15.6 Å². The molecule has 1 atom stereocenters. The van der Waals surface area contributed by atoms with Crippen LogP contribution in [0.4, 0.5) is 0 Å². The topological polar surface area (TPSA) is 54.0 Å². The van der Waals surface area contributed by atoms with Crippen molar-refractivity contribution in [2.75, 3.05) is 13.1 Å². The van der Waals surface area contributed by atoms with Crippen molar-refractivity contribution in [2.45, 2.75) is 25.3 Å². The molecule has 1 saturated heterocycles. The molecule has 0 spiro atoms. The van der Waals surface area contributed by atoms with Crippen molar-refractivity contribution in [2.24, 2.45) is 0 Å². The third kappa shape index (κ3) is 4.71. The van der Waals surface area contributed by atoms with Gasteiger partial charge in [0.25, 0.3) is 0 Å². The number of carbonyl (C=O) groups excluding carboxylic acids is 1. The smallest absolute Gasteiger partial charge is 0.224 e. The molecule has 0 saturated carbocycles. The van der Waals surface area contributed by atoms with Gasteiger partial charge in [0.1, 0.15) is 0 Å². The van der Waals surface area contributed by atoms with Gasteiger partial charge in [0.05, 0.1) is 6.42 Å². The maximum atomic E-state index is 11.6. The molecule has 94 valence electrons. The van der Waals surface area contributed by atoms with Gasteiger partial charge in [-0.15, -0.1) is 12.4 Å². The van der Waals surface area contributed by atoms with Gasteiger partial charge in [-0.2, -0.15) is 0 Å². The van der Waals surface area contributed by atoms with Crippen molar-refractivity contribution in [3.05, 3.63) is 30.1 Å². The highest BCUT2D eigenvalue weighted by Crippen LogP contribution is 2.03. The Hall–Kier alpha value is -1.13. The molecule has 2 N–H and O–H groups in total. The lowest BCUT2D eigenvalue weighted by Gasteiger charge is -2.11. The van der Waals surface area contributed by atoms with E-state index in [-0.39, 0.29) is 18.3 Å². The molecule has 1 aromatic heterocycles. The predicted octanol–water partition coefficient (Wildman–Crippen LogP) is 0.914. The van der Waals surface area contributed by atoms with Crippen molar-refractivity contribution in [3.63, 3.8) is 0 Å². The molecule has 0 radical (unpaired) electrons. The molecule has 17 heavy (non-hydrogen) atoms. The third-order valence-corrected chi connectivity index (χ3v) is 2.80. The van der Waals surface area contributed by atoms with E-state index in [1.54, 1.807) is 12.4 Å². The molecule has 1 unspecified atom stereocenters. The largest absolute Gasteiger partial charge is 0.354 e. The van der Waals surface area contributed by atoms with Crippen LogP contribution >= 0.6 is 12.4 Å². The van der Waals surface area contributed by atoms with Gasteiger partial charge in [0.15, 0.2) is 0 Å². The predicted molar refractivity (Wildman–Crippen MR) is 69.2 cm³/mol. The number of nitrogens with one attached hydrogen (secondary N) is 2.